The molecule has 0 spiro atoms. The lowest BCUT2D eigenvalue weighted by Gasteiger charge is -2.22. The first-order valence-corrected chi connectivity index (χ1v) is 12.1. The number of ketones is 1. The van der Waals surface area contributed by atoms with E-state index in [0.29, 0.717) is 19.6 Å². The second kappa shape index (κ2) is 12.4. The summed E-state index contributed by atoms with van der Waals surface area (Å²) in [4.78, 5) is 12.3. The van der Waals surface area contributed by atoms with E-state index in [9.17, 15) is 4.79 Å². The van der Waals surface area contributed by atoms with Crippen molar-refractivity contribution in [3.63, 3.8) is 0 Å². The number of carbonyl (C=O) groups is 1. The molecule has 1 N–H and O–H groups in total. The molecule has 32 heavy (non-hydrogen) atoms. The van der Waals surface area contributed by atoms with E-state index in [1.807, 2.05) is 6.07 Å². The van der Waals surface area contributed by atoms with Gasteiger partial charge in [0.15, 0.2) is 5.78 Å². The third kappa shape index (κ3) is 6.33. The molecule has 1 saturated heterocycles. The maximum atomic E-state index is 12.3. The lowest BCUT2D eigenvalue weighted by Crippen LogP contribution is -2.43. The Balaban J connectivity index is 1.61. The zero-order valence-electron chi connectivity index (χ0n) is 20.2. The Morgan fingerprint density at radius 3 is 2.81 bits per heavy atom. The van der Waals surface area contributed by atoms with Gasteiger partial charge < -0.3 is 24.1 Å². The van der Waals surface area contributed by atoms with Crippen LogP contribution in [0.5, 0.6) is 5.75 Å². The molecule has 2 aromatic rings. The molecule has 2 unspecified atom stereocenters. The van der Waals surface area contributed by atoms with Crippen LogP contribution < -0.4 is 10.1 Å². The van der Waals surface area contributed by atoms with Crippen LogP contribution in [-0.2, 0) is 27.2 Å². The van der Waals surface area contributed by atoms with E-state index < -0.39 is 0 Å². The highest BCUT2D eigenvalue weighted by molar-refractivity contribution is 5.86. The van der Waals surface area contributed by atoms with Crippen LogP contribution in [0.3, 0.4) is 0 Å². The first-order valence-electron chi connectivity index (χ1n) is 12.1. The molecule has 0 saturated carbocycles. The van der Waals surface area contributed by atoms with Gasteiger partial charge in [-0.3, -0.25) is 4.79 Å². The van der Waals surface area contributed by atoms with Crippen molar-refractivity contribution in [1.82, 2.24) is 9.88 Å². The molecule has 0 aliphatic carbocycles. The van der Waals surface area contributed by atoms with Gasteiger partial charge >= 0.3 is 0 Å². The van der Waals surface area contributed by atoms with Crippen LogP contribution in [0.15, 0.2) is 18.2 Å². The van der Waals surface area contributed by atoms with E-state index in [-0.39, 0.29) is 18.0 Å². The smallest absolute Gasteiger partial charge is 0.162 e. The Morgan fingerprint density at radius 1 is 1.25 bits per heavy atom. The predicted octanol–water partition coefficient (Wildman–Crippen LogP) is 4.43. The van der Waals surface area contributed by atoms with Crippen molar-refractivity contribution < 1.29 is 19.0 Å². The van der Waals surface area contributed by atoms with Crippen LogP contribution in [0.2, 0.25) is 0 Å². The van der Waals surface area contributed by atoms with E-state index >= 15 is 0 Å². The number of benzene rings is 1. The van der Waals surface area contributed by atoms with Gasteiger partial charge in [-0.2, -0.15) is 0 Å². The minimum absolute atomic E-state index is 0.236. The number of hydrogen-bond acceptors (Lipinski definition) is 5. The average molecular weight is 445 g/mol. The quantitative estimate of drug-likeness (QED) is 0.463. The summed E-state index contributed by atoms with van der Waals surface area (Å²) in [5, 5.41) is 4.51. The standard InChI is InChI=1S/C26H40N2O4/c1-19(30-3)9-8-10-23-20(2)22-17-21(31-4)12-13-24(22)28(23)15-7-5-6-11-25(29)26-18-27-14-16-32-26/h12-13,17,19,26-27H,5-11,14-16,18H2,1-4H3. The number of methoxy groups -OCH3 is 2. The molecule has 1 aliphatic heterocycles. The Morgan fingerprint density at radius 2 is 2.09 bits per heavy atom. The number of aryl methyl sites for hydroxylation is 2. The van der Waals surface area contributed by atoms with Crippen molar-refractivity contribution in [2.45, 2.75) is 77.5 Å². The number of morpholine rings is 1. The van der Waals surface area contributed by atoms with Crippen molar-refractivity contribution in [3.05, 3.63) is 29.5 Å². The zero-order valence-corrected chi connectivity index (χ0v) is 20.2. The van der Waals surface area contributed by atoms with Gasteiger partial charge in [0.1, 0.15) is 11.9 Å². The minimum atomic E-state index is -0.254. The van der Waals surface area contributed by atoms with Crippen LogP contribution in [0, 0.1) is 6.92 Å². The second-order valence-corrected chi connectivity index (χ2v) is 8.89. The Kier molecular flexibility index (Phi) is 9.57. The summed E-state index contributed by atoms with van der Waals surface area (Å²) in [5.41, 5.74) is 4.03. The molecule has 0 amide bonds. The Hall–Kier alpha value is -1.89. The highest BCUT2D eigenvalue weighted by Crippen LogP contribution is 2.31. The summed E-state index contributed by atoms with van der Waals surface area (Å²) in [7, 11) is 3.50. The Bertz CT molecular complexity index is 870. The van der Waals surface area contributed by atoms with E-state index in [2.05, 4.69) is 35.9 Å². The fourth-order valence-corrected chi connectivity index (χ4v) is 4.61. The minimum Gasteiger partial charge on any atom is -0.497 e. The lowest BCUT2D eigenvalue weighted by molar-refractivity contribution is -0.132. The number of nitrogens with zero attached hydrogens (tertiary/aromatic N) is 1. The topological polar surface area (TPSA) is 61.7 Å². The van der Waals surface area contributed by atoms with E-state index in [1.165, 1.54) is 22.2 Å². The third-order valence-electron chi connectivity index (χ3n) is 6.68. The van der Waals surface area contributed by atoms with Crippen molar-refractivity contribution >= 4 is 16.7 Å². The largest absolute Gasteiger partial charge is 0.497 e. The molecule has 2 atom stereocenters. The highest BCUT2D eigenvalue weighted by atomic mass is 16.5. The molecule has 1 fully saturated rings. The molecule has 6 nitrogen and oxygen atoms in total. The number of carbonyl (C=O) groups excluding carboxylic acids is 1. The summed E-state index contributed by atoms with van der Waals surface area (Å²) in [6, 6.07) is 6.38. The van der Waals surface area contributed by atoms with Gasteiger partial charge in [-0.05, 0) is 69.7 Å². The molecule has 1 aliphatic rings. The molecule has 0 radical (unpaired) electrons. The molecule has 3 rings (SSSR count). The van der Waals surface area contributed by atoms with Gasteiger partial charge in [0.25, 0.3) is 0 Å². The number of hydrogen-bond donors (Lipinski definition) is 1. The van der Waals surface area contributed by atoms with Gasteiger partial charge in [-0.25, -0.2) is 0 Å². The monoisotopic (exact) mass is 444 g/mol. The summed E-state index contributed by atoms with van der Waals surface area (Å²) in [6.45, 7) is 7.45. The summed E-state index contributed by atoms with van der Waals surface area (Å²) in [6.07, 6.45) is 6.87. The molecule has 178 valence electrons. The maximum Gasteiger partial charge on any atom is 0.162 e. The maximum absolute atomic E-state index is 12.3. The van der Waals surface area contributed by atoms with Crippen molar-refractivity contribution in [3.8, 4) is 5.75 Å². The van der Waals surface area contributed by atoms with Gasteiger partial charge in [0.2, 0.25) is 0 Å². The van der Waals surface area contributed by atoms with Crippen molar-refractivity contribution in [1.29, 1.82) is 0 Å². The van der Waals surface area contributed by atoms with Gasteiger partial charge in [0.05, 0.1) is 19.8 Å². The zero-order chi connectivity index (χ0) is 22.9. The van der Waals surface area contributed by atoms with E-state index in [4.69, 9.17) is 14.2 Å². The van der Waals surface area contributed by atoms with E-state index in [0.717, 1.165) is 57.4 Å². The molecule has 1 aromatic carbocycles. The molecule has 2 heterocycles. The highest BCUT2D eigenvalue weighted by Gasteiger charge is 2.21. The van der Waals surface area contributed by atoms with Crippen LogP contribution in [0.1, 0.15) is 56.7 Å². The fourth-order valence-electron chi connectivity index (χ4n) is 4.61. The SMILES string of the molecule is COc1ccc2c(c1)c(C)c(CCCC(C)OC)n2CCCCCC(=O)C1CNCCO1. The number of nitrogens with one attached hydrogen (secondary N) is 1. The molecular formula is C26H40N2O4. The van der Waals surface area contributed by atoms with Gasteiger partial charge in [-0.15, -0.1) is 0 Å². The number of unbranched alkanes of at least 4 members (excludes halogenated alkanes) is 2. The fraction of sp³-hybridized carbons (Fsp3) is 0.654. The number of rotatable bonds is 13. The number of Topliss-reactive ketones (excluding diaryl/α,β-unsaturated/α-hetero) is 1. The third-order valence-corrected chi connectivity index (χ3v) is 6.68. The molecule has 0 bridgehead atoms. The lowest BCUT2D eigenvalue weighted by atomic mass is 10.1. The molecule has 1 aromatic heterocycles. The van der Waals surface area contributed by atoms with Gasteiger partial charge in [0, 0.05) is 49.8 Å². The van der Waals surface area contributed by atoms with Crippen molar-refractivity contribution in [2.75, 3.05) is 33.9 Å². The van der Waals surface area contributed by atoms with E-state index in [1.54, 1.807) is 14.2 Å². The second-order valence-electron chi connectivity index (χ2n) is 8.89. The summed E-state index contributed by atoms with van der Waals surface area (Å²) >= 11 is 0. The van der Waals surface area contributed by atoms with Gasteiger partial charge in [-0.1, -0.05) is 6.42 Å². The number of ether oxygens (including phenoxy) is 3. The van der Waals surface area contributed by atoms with Crippen molar-refractivity contribution in [2.24, 2.45) is 0 Å². The first kappa shape index (κ1) is 24.7. The van der Waals surface area contributed by atoms with Crippen LogP contribution in [0.25, 0.3) is 10.9 Å². The van der Waals surface area contributed by atoms with Crippen LogP contribution in [0.4, 0.5) is 0 Å². The normalized spacial score (nSPS) is 17.6. The molecule has 6 heteroatoms. The Labute approximate surface area is 192 Å². The number of aromatic nitrogens is 1. The predicted molar refractivity (Wildman–Crippen MR) is 129 cm³/mol. The summed E-state index contributed by atoms with van der Waals surface area (Å²) < 4.78 is 19.0. The van der Waals surface area contributed by atoms with Crippen LogP contribution >= 0.6 is 0 Å². The first-order chi connectivity index (χ1) is 15.5. The average Bonchev–Trinajstić information content (AvgIpc) is 3.09. The van der Waals surface area contributed by atoms with Crippen LogP contribution in [-0.4, -0.2) is 56.5 Å². The summed E-state index contributed by atoms with van der Waals surface area (Å²) in [5.74, 6) is 1.13. The number of fused-ring (bicyclic) bond motifs is 1. The molecular weight excluding hydrogens is 404 g/mol.